The van der Waals surface area contributed by atoms with Crippen LogP contribution in [0.1, 0.15) is 21.1 Å². The standard InChI is InChI=1S/C6H10O2/c1-2-3-4-5-6(7)8/h3-4H,2,5H2,1H3,(H,7,8)/b4-3+/i1D. The SMILES string of the molecule is [2H]CC/C=C/CC(=O)O. The molecule has 0 aromatic rings. The Morgan fingerprint density at radius 2 is 2.62 bits per heavy atom. The number of rotatable bonds is 3. The van der Waals surface area contributed by atoms with Crippen LogP contribution >= 0.6 is 0 Å². The molecule has 0 aliphatic heterocycles. The Kier molecular flexibility index (Phi) is 2.92. The van der Waals surface area contributed by atoms with Gasteiger partial charge in [-0.05, 0) is 6.42 Å². The monoisotopic (exact) mass is 115 g/mol. The molecule has 1 N–H and O–H groups in total. The van der Waals surface area contributed by atoms with Gasteiger partial charge in [0, 0.05) is 1.37 Å². The van der Waals surface area contributed by atoms with Crippen molar-refractivity contribution in [2.75, 3.05) is 0 Å². The van der Waals surface area contributed by atoms with E-state index in [0.717, 1.165) is 0 Å². The van der Waals surface area contributed by atoms with E-state index in [1.165, 1.54) is 0 Å². The minimum atomic E-state index is -0.823. The molecule has 0 saturated carbocycles. The summed E-state index contributed by atoms with van der Waals surface area (Å²) >= 11 is 0. The predicted octanol–water partition coefficient (Wildman–Crippen LogP) is 1.43. The van der Waals surface area contributed by atoms with Gasteiger partial charge in [0.25, 0.3) is 0 Å². The summed E-state index contributed by atoms with van der Waals surface area (Å²) in [5, 5.41) is 8.11. The smallest absolute Gasteiger partial charge is 0.307 e. The van der Waals surface area contributed by atoms with Crippen molar-refractivity contribution in [3.05, 3.63) is 12.2 Å². The van der Waals surface area contributed by atoms with Crippen molar-refractivity contribution in [2.45, 2.75) is 19.7 Å². The third kappa shape index (κ3) is 5.21. The van der Waals surface area contributed by atoms with E-state index in [9.17, 15) is 4.79 Å². The Hall–Kier alpha value is -0.790. The van der Waals surface area contributed by atoms with Crippen LogP contribution in [-0.4, -0.2) is 11.1 Å². The van der Waals surface area contributed by atoms with Gasteiger partial charge in [-0.15, -0.1) is 0 Å². The van der Waals surface area contributed by atoms with E-state index in [-0.39, 0.29) is 6.42 Å². The van der Waals surface area contributed by atoms with Crippen LogP contribution in [0.4, 0.5) is 0 Å². The van der Waals surface area contributed by atoms with Crippen molar-refractivity contribution in [2.24, 2.45) is 0 Å². The van der Waals surface area contributed by atoms with E-state index >= 15 is 0 Å². The van der Waals surface area contributed by atoms with Crippen molar-refractivity contribution in [3.8, 4) is 0 Å². The van der Waals surface area contributed by atoms with E-state index in [4.69, 9.17) is 6.48 Å². The molecule has 0 atom stereocenters. The van der Waals surface area contributed by atoms with Gasteiger partial charge in [0.15, 0.2) is 0 Å². The van der Waals surface area contributed by atoms with E-state index in [2.05, 4.69) is 0 Å². The zero-order valence-corrected chi connectivity index (χ0v) is 4.63. The maximum Gasteiger partial charge on any atom is 0.307 e. The Morgan fingerprint density at radius 1 is 1.88 bits per heavy atom. The predicted molar refractivity (Wildman–Crippen MR) is 31.7 cm³/mol. The normalized spacial score (nSPS) is 11.8. The number of carbonyl (C=O) groups is 1. The third-order valence-corrected chi connectivity index (χ3v) is 0.626. The van der Waals surface area contributed by atoms with Crippen LogP contribution in [0.3, 0.4) is 0 Å². The van der Waals surface area contributed by atoms with Gasteiger partial charge in [-0.1, -0.05) is 19.1 Å². The Bertz CT molecular complexity index is 110. The molecule has 0 amide bonds. The first kappa shape index (κ1) is 5.35. The zero-order chi connectivity index (χ0) is 7.11. The molecule has 0 radical (unpaired) electrons. The maximum absolute atomic E-state index is 9.86. The first-order valence-corrected chi connectivity index (χ1v) is 2.43. The number of hydrogen-bond acceptors (Lipinski definition) is 1. The molecule has 0 unspecified atom stereocenters. The first-order valence-electron chi connectivity index (χ1n) is 3.14. The fourth-order valence-corrected chi connectivity index (χ4v) is 0.302. The largest absolute Gasteiger partial charge is 0.481 e. The van der Waals surface area contributed by atoms with Gasteiger partial charge >= 0.3 is 5.97 Å². The Labute approximate surface area is 50.2 Å². The highest BCUT2D eigenvalue weighted by Crippen LogP contribution is 1.84. The molecule has 0 rings (SSSR count). The molecule has 0 bridgehead atoms. The number of hydrogen-bond donors (Lipinski definition) is 1. The summed E-state index contributed by atoms with van der Waals surface area (Å²) in [6.07, 6.45) is 3.99. The summed E-state index contributed by atoms with van der Waals surface area (Å²) in [6.45, 7) is 0.329. The van der Waals surface area contributed by atoms with Crippen molar-refractivity contribution < 1.29 is 11.3 Å². The molecule has 0 aromatic carbocycles. The molecular weight excluding hydrogens is 104 g/mol. The summed E-state index contributed by atoms with van der Waals surface area (Å²) in [4.78, 5) is 9.86. The summed E-state index contributed by atoms with van der Waals surface area (Å²) in [6, 6.07) is 0. The van der Waals surface area contributed by atoms with Gasteiger partial charge in [-0.2, -0.15) is 0 Å². The summed E-state index contributed by atoms with van der Waals surface area (Å²) < 4.78 is 6.69. The fraction of sp³-hybridized carbons (Fsp3) is 0.500. The van der Waals surface area contributed by atoms with Crippen LogP contribution in [0.25, 0.3) is 0 Å². The quantitative estimate of drug-likeness (QED) is 0.565. The van der Waals surface area contributed by atoms with Crippen LogP contribution in [0.2, 0.25) is 0 Å². The van der Waals surface area contributed by atoms with Gasteiger partial charge < -0.3 is 5.11 Å². The fourth-order valence-electron chi connectivity index (χ4n) is 0.302. The lowest BCUT2D eigenvalue weighted by Crippen LogP contribution is -1.89. The summed E-state index contributed by atoms with van der Waals surface area (Å²) in [7, 11) is 0. The number of carboxylic acids is 1. The molecule has 2 nitrogen and oxygen atoms in total. The molecule has 0 heterocycles. The van der Waals surface area contributed by atoms with Crippen LogP contribution in [-0.2, 0) is 4.79 Å². The molecule has 2 heteroatoms. The Morgan fingerprint density at radius 3 is 3.12 bits per heavy atom. The molecule has 0 saturated heterocycles. The van der Waals surface area contributed by atoms with E-state index in [0.29, 0.717) is 13.3 Å². The average molecular weight is 115 g/mol. The van der Waals surface area contributed by atoms with Crippen LogP contribution in [0.15, 0.2) is 12.2 Å². The van der Waals surface area contributed by atoms with Crippen molar-refractivity contribution in [1.29, 1.82) is 0 Å². The molecule has 0 aliphatic rings. The molecule has 0 spiro atoms. The number of carboxylic acid groups (broad SMARTS) is 1. The third-order valence-electron chi connectivity index (χ3n) is 0.626. The number of aliphatic carboxylic acids is 1. The molecule has 0 fully saturated rings. The first-order chi connectivity index (χ1) is 4.27. The highest BCUT2D eigenvalue weighted by molar-refractivity contribution is 5.68. The van der Waals surface area contributed by atoms with Crippen molar-refractivity contribution in [1.82, 2.24) is 0 Å². The van der Waals surface area contributed by atoms with E-state index in [1.807, 2.05) is 0 Å². The molecule has 8 heavy (non-hydrogen) atoms. The second kappa shape index (κ2) is 4.37. The molecule has 0 aromatic heterocycles. The summed E-state index contributed by atoms with van der Waals surface area (Å²) in [5.41, 5.74) is 0. The highest BCUT2D eigenvalue weighted by atomic mass is 16.4. The van der Waals surface area contributed by atoms with Gasteiger partial charge in [0.05, 0.1) is 6.42 Å². The van der Waals surface area contributed by atoms with Crippen LogP contribution in [0, 0.1) is 0 Å². The number of allylic oxidation sites excluding steroid dienone is 1. The van der Waals surface area contributed by atoms with Crippen LogP contribution in [0.5, 0.6) is 0 Å². The van der Waals surface area contributed by atoms with Crippen molar-refractivity contribution >= 4 is 5.97 Å². The molecule has 0 aliphatic carbocycles. The second-order valence-corrected chi connectivity index (χ2v) is 1.36. The lowest BCUT2D eigenvalue weighted by atomic mass is 10.3. The highest BCUT2D eigenvalue weighted by Gasteiger charge is 1.86. The molecule has 46 valence electrons. The van der Waals surface area contributed by atoms with E-state index < -0.39 is 5.97 Å². The van der Waals surface area contributed by atoms with Crippen molar-refractivity contribution in [3.63, 3.8) is 0 Å². The van der Waals surface area contributed by atoms with Gasteiger partial charge in [0.1, 0.15) is 0 Å². The minimum Gasteiger partial charge on any atom is -0.481 e. The van der Waals surface area contributed by atoms with Gasteiger partial charge in [-0.3, -0.25) is 4.79 Å². The van der Waals surface area contributed by atoms with Crippen LogP contribution < -0.4 is 0 Å². The van der Waals surface area contributed by atoms with E-state index in [1.54, 1.807) is 12.2 Å². The Balaban J connectivity index is 3.14. The van der Waals surface area contributed by atoms with Gasteiger partial charge in [0.2, 0.25) is 0 Å². The molecular formula is C6H10O2. The zero-order valence-electron chi connectivity index (χ0n) is 5.63. The summed E-state index contributed by atoms with van der Waals surface area (Å²) in [5.74, 6) is -0.823. The van der Waals surface area contributed by atoms with Gasteiger partial charge in [-0.25, -0.2) is 0 Å². The lowest BCUT2D eigenvalue weighted by molar-refractivity contribution is -0.136. The minimum absolute atomic E-state index is 0.0694. The average Bonchev–Trinajstić information content (AvgIpc) is 1.80. The lowest BCUT2D eigenvalue weighted by Gasteiger charge is -1.80. The second-order valence-electron chi connectivity index (χ2n) is 1.36. The topological polar surface area (TPSA) is 37.3 Å². The maximum atomic E-state index is 9.86.